The van der Waals surface area contributed by atoms with Crippen LogP contribution in [-0.4, -0.2) is 34.1 Å². The normalized spacial score (nSPS) is 25.7. The lowest BCUT2D eigenvalue weighted by Gasteiger charge is -2.47. The van der Waals surface area contributed by atoms with Gasteiger partial charge in [0, 0.05) is 36.7 Å². The number of benzene rings is 1. The van der Waals surface area contributed by atoms with E-state index < -0.39 is 10.3 Å². The Bertz CT molecular complexity index is 833. The van der Waals surface area contributed by atoms with Gasteiger partial charge in [0.05, 0.1) is 10.3 Å². The fraction of sp³-hybridized carbons (Fsp3) is 0.550. The average molecular weight is 387 g/mol. The summed E-state index contributed by atoms with van der Waals surface area (Å²) in [6.45, 7) is 6.16. The van der Waals surface area contributed by atoms with Crippen molar-refractivity contribution in [3.05, 3.63) is 34.4 Å². The number of nitrogens with one attached hydrogen (secondary N) is 1. The van der Waals surface area contributed by atoms with Crippen LogP contribution in [0.15, 0.2) is 24.3 Å². The van der Waals surface area contributed by atoms with Crippen molar-refractivity contribution in [2.24, 2.45) is 16.7 Å². The lowest BCUT2D eigenvalue weighted by atomic mass is 9.62. The molecule has 1 saturated heterocycles. The van der Waals surface area contributed by atoms with Gasteiger partial charge in [-0.1, -0.05) is 20.8 Å². The zero-order chi connectivity index (χ0) is 20.7. The zero-order valence-electron chi connectivity index (χ0n) is 16.4. The van der Waals surface area contributed by atoms with E-state index in [0.717, 1.165) is 6.42 Å². The topological polar surface area (TPSA) is 110 Å². The number of nitro benzene ring substituents is 1. The van der Waals surface area contributed by atoms with E-state index in [1.807, 2.05) is 20.8 Å². The number of amides is 3. The van der Waals surface area contributed by atoms with Crippen molar-refractivity contribution < 1.29 is 19.3 Å². The first-order valence-corrected chi connectivity index (χ1v) is 9.48. The highest BCUT2D eigenvalue weighted by Gasteiger charge is 2.64. The molecule has 1 aromatic carbocycles. The van der Waals surface area contributed by atoms with Gasteiger partial charge in [-0.05, 0) is 36.8 Å². The van der Waals surface area contributed by atoms with Crippen LogP contribution in [0.25, 0.3) is 0 Å². The van der Waals surface area contributed by atoms with Gasteiger partial charge in [0.1, 0.15) is 0 Å². The molecule has 2 fully saturated rings. The average Bonchev–Trinajstić information content (AvgIpc) is 2.82. The number of fused-ring (bicyclic) bond motifs is 2. The lowest BCUT2D eigenvalue weighted by Crippen LogP contribution is -2.59. The molecule has 2 bridgehead atoms. The standard InChI is InChI=1S/C20H25N3O5/c1-19(2)15-10-11-20(19,3)18(26)22(17(15)25)12-4-5-16(24)21-13-6-8-14(9-7-13)23(27)28/h6-9,15H,4-5,10-12H2,1-3H3,(H,21,24). The Labute approximate surface area is 163 Å². The van der Waals surface area contributed by atoms with Crippen LogP contribution in [0, 0.1) is 26.9 Å². The molecule has 1 N–H and O–H groups in total. The van der Waals surface area contributed by atoms with Gasteiger partial charge < -0.3 is 5.32 Å². The van der Waals surface area contributed by atoms with Crippen LogP contribution < -0.4 is 5.32 Å². The number of rotatable bonds is 6. The number of anilines is 1. The molecule has 1 aliphatic carbocycles. The molecular formula is C20H25N3O5. The first-order valence-electron chi connectivity index (χ1n) is 9.48. The van der Waals surface area contributed by atoms with Crippen molar-refractivity contribution in [2.45, 2.75) is 46.5 Å². The summed E-state index contributed by atoms with van der Waals surface area (Å²) in [5.41, 5.74) is -0.461. The van der Waals surface area contributed by atoms with Crippen molar-refractivity contribution in [3.8, 4) is 0 Å². The summed E-state index contributed by atoms with van der Waals surface area (Å²) in [5, 5.41) is 13.3. The summed E-state index contributed by atoms with van der Waals surface area (Å²) < 4.78 is 0. The molecule has 150 valence electrons. The fourth-order valence-electron chi connectivity index (χ4n) is 4.40. The fourth-order valence-corrected chi connectivity index (χ4v) is 4.40. The highest BCUT2D eigenvalue weighted by molar-refractivity contribution is 6.03. The molecule has 28 heavy (non-hydrogen) atoms. The molecule has 3 amide bonds. The molecule has 3 rings (SSSR count). The van der Waals surface area contributed by atoms with E-state index in [1.165, 1.54) is 29.2 Å². The van der Waals surface area contributed by atoms with Crippen LogP contribution in [0.4, 0.5) is 11.4 Å². The maximum atomic E-state index is 12.9. The molecule has 1 aromatic rings. The number of nitro groups is 1. The molecule has 0 spiro atoms. The quantitative estimate of drug-likeness (QED) is 0.458. The number of carbonyl (C=O) groups is 3. The van der Waals surface area contributed by atoms with Crippen molar-refractivity contribution in [1.29, 1.82) is 0 Å². The molecule has 1 saturated carbocycles. The van der Waals surface area contributed by atoms with Gasteiger partial charge in [-0.15, -0.1) is 0 Å². The van der Waals surface area contributed by atoms with Gasteiger partial charge in [-0.3, -0.25) is 29.4 Å². The molecule has 1 heterocycles. The molecule has 0 aromatic heterocycles. The minimum atomic E-state index is -0.535. The minimum Gasteiger partial charge on any atom is -0.326 e. The number of nitrogens with zero attached hydrogens (tertiary/aromatic N) is 2. The van der Waals surface area contributed by atoms with Crippen molar-refractivity contribution in [1.82, 2.24) is 4.90 Å². The van der Waals surface area contributed by atoms with Gasteiger partial charge in [-0.2, -0.15) is 0 Å². The molecule has 2 atom stereocenters. The SMILES string of the molecule is CC12CCC(C(=O)N(CCCC(=O)Nc3ccc([N+](=O)[O-])cc3)C1=O)C2(C)C. The summed E-state index contributed by atoms with van der Waals surface area (Å²) >= 11 is 0. The van der Waals surface area contributed by atoms with Crippen LogP contribution >= 0.6 is 0 Å². The van der Waals surface area contributed by atoms with Crippen LogP contribution in [0.2, 0.25) is 0 Å². The number of carbonyl (C=O) groups excluding carboxylic acids is 3. The minimum absolute atomic E-state index is 0.0498. The second-order valence-corrected chi connectivity index (χ2v) is 8.40. The first-order chi connectivity index (χ1) is 13.1. The van der Waals surface area contributed by atoms with Crippen molar-refractivity contribution in [2.75, 3.05) is 11.9 Å². The van der Waals surface area contributed by atoms with Crippen LogP contribution in [0.1, 0.15) is 46.5 Å². The number of piperidine rings is 1. The van der Waals surface area contributed by atoms with Gasteiger partial charge in [0.25, 0.3) is 5.69 Å². The Morgan fingerprint density at radius 3 is 2.50 bits per heavy atom. The summed E-state index contributed by atoms with van der Waals surface area (Å²) in [6.07, 6.45) is 1.97. The highest BCUT2D eigenvalue weighted by Crippen LogP contribution is 2.60. The van der Waals surface area contributed by atoms with Crippen molar-refractivity contribution in [3.63, 3.8) is 0 Å². The maximum absolute atomic E-state index is 12.9. The third-order valence-electron chi connectivity index (χ3n) is 6.66. The molecule has 1 aliphatic heterocycles. The van der Waals surface area contributed by atoms with Gasteiger partial charge >= 0.3 is 0 Å². The summed E-state index contributed by atoms with van der Waals surface area (Å²) in [4.78, 5) is 49.3. The summed E-state index contributed by atoms with van der Waals surface area (Å²) in [6, 6.07) is 5.57. The van der Waals surface area contributed by atoms with E-state index in [0.29, 0.717) is 18.5 Å². The van der Waals surface area contributed by atoms with Gasteiger partial charge in [0.15, 0.2) is 0 Å². The summed E-state index contributed by atoms with van der Waals surface area (Å²) in [7, 11) is 0. The third kappa shape index (κ3) is 3.16. The van der Waals surface area contributed by atoms with E-state index in [-0.39, 0.29) is 47.7 Å². The van der Waals surface area contributed by atoms with E-state index >= 15 is 0 Å². The van der Waals surface area contributed by atoms with E-state index in [1.54, 1.807) is 0 Å². The van der Waals surface area contributed by atoms with E-state index in [2.05, 4.69) is 5.32 Å². The monoisotopic (exact) mass is 387 g/mol. The number of likely N-dealkylation sites (tertiary alicyclic amines) is 1. The molecular weight excluding hydrogens is 362 g/mol. The molecule has 8 nitrogen and oxygen atoms in total. The van der Waals surface area contributed by atoms with Gasteiger partial charge in [0.2, 0.25) is 17.7 Å². The number of hydrogen-bond acceptors (Lipinski definition) is 5. The molecule has 2 aliphatic rings. The Kier molecular flexibility index (Phi) is 4.99. The second-order valence-electron chi connectivity index (χ2n) is 8.40. The Morgan fingerprint density at radius 1 is 1.25 bits per heavy atom. The molecule has 0 radical (unpaired) electrons. The smallest absolute Gasteiger partial charge is 0.269 e. The van der Waals surface area contributed by atoms with Gasteiger partial charge in [-0.25, -0.2) is 0 Å². The lowest BCUT2D eigenvalue weighted by molar-refractivity contribution is -0.384. The Hall–Kier alpha value is -2.77. The molecule has 2 unspecified atom stereocenters. The predicted molar refractivity (Wildman–Crippen MR) is 102 cm³/mol. The molecule has 8 heteroatoms. The van der Waals surface area contributed by atoms with E-state index in [4.69, 9.17) is 0 Å². The Morgan fingerprint density at radius 2 is 1.89 bits per heavy atom. The largest absolute Gasteiger partial charge is 0.326 e. The predicted octanol–water partition coefficient (Wildman–Crippen LogP) is 3.12. The first kappa shape index (κ1) is 20.0. The van der Waals surface area contributed by atoms with Crippen LogP contribution in [-0.2, 0) is 14.4 Å². The number of non-ortho nitro benzene ring substituents is 1. The van der Waals surface area contributed by atoms with E-state index in [9.17, 15) is 24.5 Å². The van der Waals surface area contributed by atoms with Crippen molar-refractivity contribution >= 4 is 29.1 Å². The van der Waals surface area contributed by atoms with Crippen LogP contribution in [0.5, 0.6) is 0 Å². The number of imide groups is 1. The number of hydrogen-bond donors (Lipinski definition) is 1. The second kappa shape index (κ2) is 7.00. The summed E-state index contributed by atoms with van der Waals surface area (Å²) in [5.74, 6) is -0.669. The third-order valence-corrected chi connectivity index (χ3v) is 6.66. The maximum Gasteiger partial charge on any atom is 0.269 e. The van der Waals surface area contributed by atoms with Crippen LogP contribution in [0.3, 0.4) is 0 Å². The zero-order valence-corrected chi connectivity index (χ0v) is 16.4. The highest BCUT2D eigenvalue weighted by atomic mass is 16.6. The Balaban J connectivity index is 1.55.